The van der Waals surface area contributed by atoms with Crippen molar-refractivity contribution in [3.63, 3.8) is 0 Å². The summed E-state index contributed by atoms with van der Waals surface area (Å²) in [5.41, 5.74) is 1.59. The Morgan fingerprint density at radius 3 is 2.58 bits per heavy atom. The largest absolute Gasteiger partial charge is 0.479 e. The quantitative estimate of drug-likeness (QED) is 0.247. The zero-order chi connectivity index (χ0) is 28.5. The lowest BCUT2D eigenvalue weighted by Crippen LogP contribution is -2.31. The highest BCUT2D eigenvalue weighted by Gasteiger charge is 2.54. The van der Waals surface area contributed by atoms with Crippen LogP contribution in [0.3, 0.4) is 0 Å². The molecule has 4 heterocycles. The summed E-state index contributed by atoms with van der Waals surface area (Å²) in [7, 11) is -9.21. The molecule has 18 heteroatoms. The van der Waals surface area contributed by atoms with E-state index in [1.807, 2.05) is 30.3 Å². The number of carbonyl (C=O) groups excluding carboxylic acids is 1. The highest BCUT2D eigenvalue weighted by Crippen LogP contribution is 2.58. The predicted molar refractivity (Wildman–Crippen MR) is 138 cm³/mol. The standard InChI is InChI=1S/C22H28N6O10P2/c1-3-23-22(29)27-19-16-20(25-11-24-19)28(12-26-16)21-18-17(36-15(37-18)9-13-7-5-4-6-8-13)14(35-21)10-34-40(32,33)38-39(2,30)31/h4-8,11-12,14-15,17-18,21H,3,9-10H2,1-2H3,(H,30,31)(H,32,33)(H2,23,24,25,27,29)/t14-,15+,17?,18+,21-/m1/s1. The maximum absolute atomic E-state index is 12.2. The smallest absolute Gasteiger partial charge is 0.347 e. The summed E-state index contributed by atoms with van der Waals surface area (Å²) in [6.45, 7) is 2.44. The molecule has 216 valence electrons. The summed E-state index contributed by atoms with van der Waals surface area (Å²) in [5, 5.41) is 5.24. The van der Waals surface area contributed by atoms with Gasteiger partial charge in [0, 0.05) is 19.6 Å². The minimum absolute atomic E-state index is 0.182. The molecule has 3 aromatic rings. The first-order valence-electron chi connectivity index (χ1n) is 12.2. The van der Waals surface area contributed by atoms with Crippen molar-refractivity contribution in [3.8, 4) is 0 Å². The van der Waals surface area contributed by atoms with Crippen LogP contribution in [0.15, 0.2) is 43.0 Å². The number of benzene rings is 1. The van der Waals surface area contributed by atoms with Crippen LogP contribution in [0.2, 0.25) is 0 Å². The lowest BCUT2D eigenvalue weighted by atomic mass is 10.1. The molecule has 2 aliphatic rings. The van der Waals surface area contributed by atoms with Gasteiger partial charge in [0.25, 0.3) is 0 Å². The van der Waals surface area contributed by atoms with E-state index in [-0.39, 0.29) is 5.82 Å². The summed E-state index contributed by atoms with van der Waals surface area (Å²) in [4.78, 5) is 44.1. The maximum atomic E-state index is 12.2. The molecule has 0 spiro atoms. The molecule has 16 nitrogen and oxygen atoms in total. The molecule has 2 aromatic heterocycles. The van der Waals surface area contributed by atoms with Gasteiger partial charge in [0.15, 0.2) is 29.5 Å². The molecule has 5 rings (SSSR count). The van der Waals surface area contributed by atoms with Gasteiger partial charge in [0.2, 0.25) is 0 Å². The zero-order valence-electron chi connectivity index (χ0n) is 21.4. The molecule has 0 saturated carbocycles. The Balaban J connectivity index is 1.40. The first-order chi connectivity index (χ1) is 19.0. The second-order valence-electron chi connectivity index (χ2n) is 9.07. The van der Waals surface area contributed by atoms with Gasteiger partial charge >= 0.3 is 21.4 Å². The molecule has 0 aliphatic carbocycles. The lowest BCUT2D eigenvalue weighted by molar-refractivity contribution is -0.149. The van der Waals surface area contributed by atoms with E-state index in [0.29, 0.717) is 24.1 Å². The molecule has 2 saturated heterocycles. The van der Waals surface area contributed by atoms with Crippen LogP contribution in [0.25, 0.3) is 11.2 Å². The van der Waals surface area contributed by atoms with Gasteiger partial charge in [0.05, 0.1) is 12.9 Å². The van der Waals surface area contributed by atoms with E-state index in [1.54, 1.807) is 11.5 Å². The second-order valence-corrected chi connectivity index (χ2v) is 12.5. The van der Waals surface area contributed by atoms with Gasteiger partial charge in [-0.2, -0.15) is 0 Å². The van der Waals surface area contributed by atoms with Crippen LogP contribution < -0.4 is 10.6 Å². The number of hydrogen-bond donors (Lipinski definition) is 4. The van der Waals surface area contributed by atoms with E-state index in [2.05, 4.69) is 29.9 Å². The van der Waals surface area contributed by atoms with Gasteiger partial charge in [0.1, 0.15) is 24.6 Å². The van der Waals surface area contributed by atoms with Crippen molar-refractivity contribution < 1.29 is 46.8 Å². The van der Waals surface area contributed by atoms with Gasteiger partial charge in [-0.3, -0.25) is 19.0 Å². The Kier molecular flexibility index (Phi) is 8.34. The van der Waals surface area contributed by atoms with E-state index < -0.39 is 58.9 Å². The van der Waals surface area contributed by atoms with E-state index >= 15 is 0 Å². The number of phosphoric acid groups is 1. The summed E-state index contributed by atoms with van der Waals surface area (Å²) >= 11 is 0. The summed E-state index contributed by atoms with van der Waals surface area (Å²) in [6, 6.07) is 9.07. The van der Waals surface area contributed by atoms with Crippen LogP contribution in [0.5, 0.6) is 0 Å². The number of fused-ring (bicyclic) bond motifs is 2. The number of imidazole rings is 1. The number of nitrogens with zero attached hydrogens (tertiary/aromatic N) is 4. The predicted octanol–water partition coefficient (Wildman–Crippen LogP) is 2.17. The number of urea groups is 1. The Morgan fingerprint density at radius 1 is 1.10 bits per heavy atom. The molecule has 7 atom stereocenters. The van der Waals surface area contributed by atoms with Crippen LogP contribution in [-0.4, -0.2) is 79.8 Å². The van der Waals surface area contributed by atoms with Crippen molar-refractivity contribution in [1.29, 1.82) is 0 Å². The topological polar surface area (TPSA) is 205 Å². The van der Waals surface area contributed by atoms with Crippen molar-refractivity contribution >= 4 is 38.4 Å². The number of nitrogens with one attached hydrogen (secondary N) is 2. The van der Waals surface area contributed by atoms with Crippen molar-refractivity contribution in [1.82, 2.24) is 24.8 Å². The van der Waals surface area contributed by atoms with Gasteiger partial charge in [-0.15, -0.1) is 0 Å². The fourth-order valence-corrected chi connectivity index (χ4v) is 6.54. The molecule has 3 unspecified atom stereocenters. The molecule has 0 bridgehead atoms. The highest BCUT2D eigenvalue weighted by molar-refractivity contribution is 7.63. The Hall–Kier alpha value is -2.78. The lowest BCUT2D eigenvalue weighted by Gasteiger charge is -2.22. The van der Waals surface area contributed by atoms with Crippen molar-refractivity contribution in [3.05, 3.63) is 48.5 Å². The minimum atomic E-state index is -4.89. The summed E-state index contributed by atoms with van der Waals surface area (Å²) in [5.74, 6) is 0.182. The number of hydrogen-bond acceptors (Lipinski definition) is 11. The van der Waals surface area contributed by atoms with Crippen LogP contribution in [0, 0.1) is 0 Å². The van der Waals surface area contributed by atoms with Gasteiger partial charge < -0.3 is 29.3 Å². The number of phosphoric ester groups is 1. The SMILES string of the molecule is CCNC(=O)Nc1ncnc2c1ncn2[C@@H]1O[C@H](COP(=O)(O)OP(C)(=O)O)C2O[C@H](Cc3ccccc3)O[C@@H]21. The van der Waals surface area contributed by atoms with Gasteiger partial charge in [-0.25, -0.2) is 28.6 Å². The second kappa shape index (κ2) is 11.6. The monoisotopic (exact) mass is 598 g/mol. The third-order valence-electron chi connectivity index (χ3n) is 6.01. The minimum Gasteiger partial charge on any atom is -0.347 e. The average Bonchev–Trinajstić information content (AvgIpc) is 3.56. The fourth-order valence-electron chi connectivity index (χ4n) is 4.49. The third kappa shape index (κ3) is 6.57. The Morgan fingerprint density at radius 2 is 1.85 bits per heavy atom. The number of amides is 2. The first kappa shape index (κ1) is 28.7. The molecule has 0 radical (unpaired) electrons. The number of aromatic nitrogens is 4. The van der Waals surface area contributed by atoms with Crippen LogP contribution in [0.4, 0.5) is 10.6 Å². The fraction of sp³-hybridized carbons (Fsp3) is 0.455. The molecular weight excluding hydrogens is 570 g/mol. The van der Waals surface area contributed by atoms with Crippen molar-refractivity contribution in [2.45, 2.75) is 44.2 Å². The van der Waals surface area contributed by atoms with Crippen molar-refractivity contribution in [2.75, 3.05) is 25.1 Å². The summed E-state index contributed by atoms with van der Waals surface area (Å²) < 4.78 is 53.1. The number of anilines is 1. The maximum Gasteiger partial charge on any atom is 0.479 e. The molecular formula is C22H28N6O10P2. The van der Waals surface area contributed by atoms with E-state index in [4.69, 9.17) is 18.7 Å². The van der Waals surface area contributed by atoms with E-state index in [9.17, 15) is 23.7 Å². The molecule has 1 aromatic carbocycles. The number of rotatable bonds is 10. The Bertz CT molecular complexity index is 1450. The van der Waals surface area contributed by atoms with Crippen LogP contribution in [-0.2, 0) is 38.6 Å². The molecule has 2 aliphatic heterocycles. The van der Waals surface area contributed by atoms with Crippen LogP contribution in [0.1, 0.15) is 18.7 Å². The Labute approximate surface area is 228 Å². The zero-order valence-corrected chi connectivity index (χ0v) is 23.2. The average molecular weight is 598 g/mol. The van der Waals surface area contributed by atoms with Crippen molar-refractivity contribution in [2.24, 2.45) is 0 Å². The molecule has 2 amide bonds. The highest BCUT2D eigenvalue weighted by atomic mass is 31.3. The van der Waals surface area contributed by atoms with Crippen LogP contribution >= 0.6 is 15.4 Å². The van der Waals surface area contributed by atoms with Gasteiger partial charge in [-0.05, 0) is 12.5 Å². The van der Waals surface area contributed by atoms with E-state index in [1.165, 1.54) is 12.7 Å². The summed E-state index contributed by atoms with van der Waals surface area (Å²) in [6.07, 6.45) is -0.829. The molecule has 2 fully saturated rings. The first-order valence-corrected chi connectivity index (χ1v) is 15.8. The number of carbonyl (C=O) groups is 1. The van der Waals surface area contributed by atoms with E-state index in [0.717, 1.165) is 12.2 Å². The van der Waals surface area contributed by atoms with Gasteiger partial charge in [-0.1, -0.05) is 30.3 Å². The third-order valence-corrected chi connectivity index (χ3v) is 8.52. The number of ether oxygens (including phenoxy) is 3. The molecule has 4 N–H and O–H groups in total. The normalized spacial score (nSPS) is 27.1. The molecule has 40 heavy (non-hydrogen) atoms.